The van der Waals surface area contributed by atoms with Gasteiger partial charge in [0.2, 0.25) is 0 Å². The van der Waals surface area contributed by atoms with Gasteiger partial charge in [-0.1, -0.05) is 0 Å². The summed E-state index contributed by atoms with van der Waals surface area (Å²) in [4.78, 5) is 16.7. The second-order valence-electron chi connectivity index (χ2n) is 4.10. The third kappa shape index (κ3) is 4.48. The largest absolute Gasteiger partial charge is 0.351 e. The van der Waals surface area contributed by atoms with E-state index in [4.69, 9.17) is 5.73 Å². The molecule has 0 spiro atoms. The Balaban J connectivity index is 2.07. The van der Waals surface area contributed by atoms with Gasteiger partial charge in [0.05, 0.1) is 0 Å². The molecule has 0 atom stereocenters. The predicted molar refractivity (Wildman–Crippen MR) is 60.2 cm³/mol. The molecular weight excluding hydrogens is 192 g/mol. The summed E-state index contributed by atoms with van der Waals surface area (Å²) >= 11 is 0. The number of piperazine rings is 1. The minimum absolute atomic E-state index is 0.451. The van der Waals surface area contributed by atoms with E-state index in [1.54, 1.807) is 0 Å². The summed E-state index contributed by atoms with van der Waals surface area (Å²) in [5, 5.41) is 0. The van der Waals surface area contributed by atoms with Crippen molar-refractivity contribution < 1.29 is 4.79 Å². The minimum atomic E-state index is -0.451. The lowest BCUT2D eigenvalue weighted by molar-refractivity contribution is 0.149. The van der Waals surface area contributed by atoms with Crippen LogP contribution in [0.15, 0.2) is 0 Å². The molecule has 0 aliphatic carbocycles. The standard InChI is InChI=1S/C10H21N4O/c1-12-6-8-14(9-7-12)5-3-4-13(2)10(11)15/h2-9H2,1H3,(H2,11,15). The lowest BCUT2D eigenvalue weighted by Gasteiger charge is -2.32. The third-order valence-electron chi connectivity index (χ3n) is 2.81. The molecule has 1 saturated heterocycles. The molecule has 0 aromatic heterocycles. The summed E-state index contributed by atoms with van der Waals surface area (Å²) < 4.78 is 0. The van der Waals surface area contributed by atoms with Crippen molar-refractivity contribution in [1.82, 2.24) is 14.7 Å². The Morgan fingerprint density at radius 3 is 2.53 bits per heavy atom. The van der Waals surface area contributed by atoms with Crippen molar-refractivity contribution in [3.05, 3.63) is 7.05 Å². The van der Waals surface area contributed by atoms with Gasteiger partial charge in [-0.25, -0.2) is 4.79 Å². The summed E-state index contributed by atoms with van der Waals surface area (Å²) in [5.41, 5.74) is 5.08. The third-order valence-corrected chi connectivity index (χ3v) is 2.81. The first-order valence-corrected chi connectivity index (χ1v) is 5.38. The Morgan fingerprint density at radius 2 is 2.00 bits per heavy atom. The highest BCUT2D eigenvalue weighted by Gasteiger charge is 2.13. The molecule has 15 heavy (non-hydrogen) atoms. The summed E-state index contributed by atoms with van der Waals surface area (Å²) in [6.45, 7) is 6.15. The maximum absolute atomic E-state index is 10.7. The van der Waals surface area contributed by atoms with Crippen molar-refractivity contribution in [2.75, 3.05) is 46.3 Å². The molecule has 2 amide bonds. The molecule has 87 valence electrons. The van der Waals surface area contributed by atoms with Crippen LogP contribution in [0.5, 0.6) is 0 Å². The first kappa shape index (κ1) is 12.3. The number of carbonyl (C=O) groups excluding carboxylic acids is 1. The minimum Gasteiger partial charge on any atom is -0.351 e. The van der Waals surface area contributed by atoms with E-state index < -0.39 is 6.03 Å². The number of nitrogens with zero attached hydrogens (tertiary/aromatic N) is 3. The van der Waals surface area contributed by atoms with Crippen molar-refractivity contribution in [2.24, 2.45) is 5.73 Å². The number of rotatable bonds is 4. The van der Waals surface area contributed by atoms with Crippen molar-refractivity contribution in [3.8, 4) is 0 Å². The van der Waals surface area contributed by atoms with Gasteiger partial charge in [-0.2, -0.15) is 0 Å². The topological polar surface area (TPSA) is 52.8 Å². The van der Waals surface area contributed by atoms with Crippen LogP contribution in [0.4, 0.5) is 4.79 Å². The quantitative estimate of drug-likeness (QED) is 0.703. The second-order valence-corrected chi connectivity index (χ2v) is 4.10. The Morgan fingerprint density at radius 1 is 1.40 bits per heavy atom. The number of urea groups is 1. The van der Waals surface area contributed by atoms with Crippen molar-refractivity contribution >= 4 is 6.03 Å². The first-order chi connectivity index (χ1) is 7.09. The number of likely N-dealkylation sites (N-methyl/N-ethyl adjacent to an activating group) is 1. The molecule has 1 heterocycles. The van der Waals surface area contributed by atoms with E-state index in [2.05, 4.69) is 23.9 Å². The van der Waals surface area contributed by atoms with E-state index in [0.29, 0.717) is 6.54 Å². The molecule has 1 rings (SSSR count). The molecule has 5 nitrogen and oxygen atoms in total. The highest BCUT2D eigenvalue weighted by Crippen LogP contribution is 2.00. The molecule has 0 aromatic carbocycles. The van der Waals surface area contributed by atoms with E-state index in [-0.39, 0.29) is 0 Å². The Bertz CT molecular complexity index is 202. The summed E-state index contributed by atoms with van der Waals surface area (Å²) in [7, 11) is 5.71. The average molecular weight is 213 g/mol. The van der Waals surface area contributed by atoms with Gasteiger partial charge < -0.3 is 20.4 Å². The zero-order valence-electron chi connectivity index (χ0n) is 9.48. The van der Waals surface area contributed by atoms with E-state index in [9.17, 15) is 4.79 Å². The van der Waals surface area contributed by atoms with Crippen LogP contribution in [0.25, 0.3) is 0 Å². The van der Waals surface area contributed by atoms with Crippen LogP contribution in [-0.4, -0.2) is 67.0 Å². The van der Waals surface area contributed by atoms with Crippen molar-refractivity contribution in [2.45, 2.75) is 6.42 Å². The molecule has 1 radical (unpaired) electrons. The molecule has 0 bridgehead atoms. The Hall–Kier alpha value is -0.810. The molecule has 1 fully saturated rings. The zero-order chi connectivity index (χ0) is 11.3. The Labute approximate surface area is 91.8 Å². The van der Waals surface area contributed by atoms with Crippen LogP contribution in [0, 0.1) is 7.05 Å². The van der Waals surface area contributed by atoms with Crippen molar-refractivity contribution in [3.63, 3.8) is 0 Å². The van der Waals surface area contributed by atoms with Crippen LogP contribution < -0.4 is 5.73 Å². The van der Waals surface area contributed by atoms with Crippen LogP contribution >= 0.6 is 0 Å². The van der Waals surface area contributed by atoms with E-state index in [0.717, 1.165) is 39.1 Å². The Kier molecular flexibility index (Phi) is 4.84. The van der Waals surface area contributed by atoms with Gasteiger partial charge in [0, 0.05) is 39.8 Å². The van der Waals surface area contributed by atoms with Gasteiger partial charge in [0.1, 0.15) is 0 Å². The predicted octanol–water partition coefficient (Wildman–Crippen LogP) is -0.204. The van der Waals surface area contributed by atoms with Gasteiger partial charge in [-0.3, -0.25) is 0 Å². The number of hydrogen-bond acceptors (Lipinski definition) is 3. The smallest absolute Gasteiger partial charge is 0.314 e. The normalized spacial score (nSPS) is 19.1. The fraction of sp³-hybridized carbons (Fsp3) is 0.800. The number of hydrogen-bond donors (Lipinski definition) is 1. The molecular formula is C10H21N4O. The molecule has 0 aromatic rings. The van der Waals surface area contributed by atoms with E-state index in [1.165, 1.54) is 4.90 Å². The monoisotopic (exact) mass is 213 g/mol. The van der Waals surface area contributed by atoms with Gasteiger partial charge in [0.25, 0.3) is 0 Å². The lowest BCUT2D eigenvalue weighted by Crippen LogP contribution is -2.45. The van der Waals surface area contributed by atoms with Crippen LogP contribution in [0.1, 0.15) is 6.42 Å². The maximum Gasteiger partial charge on any atom is 0.314 e. The number of primary amides is 1. The number of carbonyl (C=O) groups is 1. The highest BCUT2D eigenvalue weighted by molar-refractivity contribution is 5.72. The second kappa shape index (κ2) is 5.92. The molecule has 1 aliphatic rings. The molecule has 0 unspecified atom stereocenters. The average Bonchev–Trinajstić information content (AvgIpc) is 2.20. The van der Waals surface area contributed by atoms with Gasteiger partial charge in [0.15, 0.2) is 0 Å². The van der Waals surface area contributed by atoms with Crippen LogP contribution in [0.2, 0.25) is 0 Å². The molecule has 0 saturated carbocycles. The lowest BCUT2D eigenvalue weighted by atomic mass is 10.3. The maximum atomic E-state index is 10.7. The van der Waals surface area contributed by atoms with E-state index in [1.807, 2.05) is 0 Å². The highest BCUT2D eigenvalue weighted by atomic mass is 16.2. The SMILES string of the molecule is [CH2]N(CCCN1CCN(C)CC1)C(N)=O. The molecule has 2 N–H and O–H groups in total. The van der Waals surface area contributed by atoms with Gasteiger partial charge in [-0.05, 0) is 20.0 Å². The van der Waals surface area contributed by atoms with Crippen LogP contribution in [0.3, 0.4) is 0 Å². The molecule has 5 heteroatoms. The first-order valence-electron chi connectivity index (χ1n) is 5.38. The summed E-state index contributed by atoms with van der Waals surface area (Å²) in [6, 6.07) is -0.451. The van der Waals surface area contributed by atoms with Crippen LogP contribution in [-0.2, 0) is 0 Å². The summed E-state index contributed by atoms with van der Waals surface area (Å²) in [6.07, 6.45) is 0.941. The van der Waals surface area contributed by atoms with Gasteiger partial charge >= 0.3 is 6.03 Å². The van der Waals surface area contributed by atoms with Gasteiger partial charge in [-0.15, -0.1) is 0 Å². The summed E-state index contributed by atoms with van der Waals surface area (Å²) in [5.74, 6) is 0. The number of amides is 2. The fourth-order valence-electron chi connectivity index (χ4n) is 1.67. The number of nitrogens with two attached hydrogens (primary N) is 1. The van der Waals surface area contributed by atoms with Crippen molar-refractivity contribution in [1.29, 1.82) is 0 Å². The fourth-order valence-corrected chi connectivity index (χ4v) is 1.67. The zero-order valence-corrected chi connectivity index (χ0v) is 9.48. The van der Waals surface area contributed by atoms with E-state index >= 15 is 0 Å². The molecule has 1 aliphatic heterocycles.